The van der Waals surface area contributed by atoms with Gasteiger partial charge >= 0.3 is 145 Å². The predicted octanol–water partition coefficient (Wildman–Crippen LogP) is 2.52. The van der Waals surface area contributed by atoms with Crippen molar-refractivity contribution in [3.05, 3.63) is 24.3 Å². The van der Waals surface area contributed by atoms with E-state index in [-0.39, 0.29) is 39.3 Å². The first-order chi connectivity index (χ1) is 9.36. The predicted molar refractivity (Wildman–Crippen MR) is 91.5 cm³/mol. The van der Waals surface area contributed by atoms with Crippen molar-refractivity contribution in [2.45, 2.75) is 43.6 Å². The second-order valence-corrected chi connectivity index (χ2v) is 23.2. The van der Waals surface area contributed by atoms with Crippen molar-refractivity contribution in [1.82, 2.24) is 0 Å². The first kappa shape index (κ1) is 18.9. The quantitative estimate of drug-likeness (QED) is 0.352. The van der Waals surface area contributed by atoms with Gasteiger partial charge in [0.15, 0.2) is 0 Å². The summed E-state index contributed by atoms with van der Waals surface area (Å²) in [6.07, 6.45) is 0. The van der Waals surface area contributed by atoms with Crippen molar-refractivity contribution in [3.63, 3.8) is 0 Å². The summed E-state index contributed by atoms with van der Waals surface area (Å²) in [6.45, 7) is 11.2. The van der Waals surface area contributed by atoms with Gasteiger partial charge in [0.1, 0.15) is 0 Å². The van der Waals surface area contributed by atoms with Crippen LogP contribution < -0.4 is 0 Å². The molecule has 114 valence electrons. The molecule has 0 aromatic rings. The molecular formula is C14H22O2Se4. The average Bonchev–Trinajstić information content (AvgIpc) is 2.43. The summed E-state index contributed by atoms with van der Waals surface area (Å²) < 4.78 is 2.86. The summed E-state index contributed by atoms with van der Waals surface area (Å²) in [5, 5.41) is 5.49. The zero-order chi connectivity index (χ0) is 15.2. The van der Waals surface area contributed by atoms with Gasteiger partial charge in [-0.1, -0.05) is 0 Å². The van der Waals surface area contributed by atoms with Crippen LogP contribution >= 0.6 is 0 Å². The number of carbonyl (C=O) groups excluding carboxylic acids is 2. The Labute approximate surface area is 143 Å². The van der Waals surface area contributed by atoms with E-state index >= 15 is 0 Å². The van der Waals surface area contributed by atoms with Gasteiger partial charge in [0.05, 0.1) is 0 Å². The van der Waals surface area contributed by atoms with Crippen LogP contribution in [0.2, 0.25) is 29.7 Å². The van der Waals surface area contributed by atoms with E-state index in [1.165, 1.54) is 21.3 Å². The minimum absolute atomic E-state index is 0.0680. The maximum absolute atomic E-state index is 11.9. The SMILES string of the molecule is C=C(C)C(=O)[Se]C[Se]1(C[Se]C(=O)C(=C)C)CC[Se]CC1. The van der Waals surface area contributed by atoms with Crippen LogP contribution in [-0.2, 0) is 9.59 Å². The fourth-order valence-electron chi connectivity index (χ4n) is 1.55. The van der Waals surface area contributed by atoms with Crippen LogP contribution in [0.3, 0.4) is 0 Å². The molecular weight excluding hydrogens is 516 g/mol. The van der Waals surface area contributed by atoms with E-state index in [4.69, 9.17) is 0 Å². The standard InChI is InChI=1S/C14H22O2Se4/c1-11(2)13(15)18-9-20(7-5-17-6-8-20)10-19-14(16)12(3)4/h1,3,5-10H2,2,4H3. The number of allylic oxidation sites excluding steroid dienone is 2. The normalized spacial score (nSPS) is 19.1. The topological polar surface area (TPSA) is 34.1 Å². The monoisotopic (exact) mass is 542 g/mol. The molecule has 0 unspecified atom stereocenters. The minimum atomic E-state index is -1.55. The Balaban J connectivity index is 2.61. The Morgan fingerprint density at radius 2 is 1.40 bits per heavy atom. The van der Waals surface area contributed by atoms with Gasteiger partial charge in [-0.05, 0) is 0 Å². The van der Waals surface area contributed by atoms with Crippen molar-refractivity contribution in [2.24, 2.45) is 0 Å². The fraction of sp³-hybridized carbons (Fsp3) is 0.571. The molecule has 1 aliphatic heterocycles. The number of carbonyl (C=O) groups is 2. The fourth-order valence-corrected chi connectivity index (χ4v) is 35.8. The average molecular weight is 538 g/mol. The van der Waals surface area contributed by atoms with Crippen LogP contribution in [0.4, 0.5) is 0 Å². The third kappa shape index (κ3) is 6.34. The Bertz CT molecular complexity index is 379. The van der Waals surface area contributed by atoms with Crippen molar-refractivity contribution in [2.75, 3.05) is 0 Å². The number of rotatable bonds is 8. The van der Waals surface area contributed by atoms with Gasteiger partial charge in [-0.3, -0.25) is 0 Å². The molecule has 1 saturated heterocycles. The zero-order valence-electron chi connectivity index (χ0n) is 12.1. The third-order valence-corrected chi connectivity index (χ3v) is 30.7. The summed E-state index contributed by atoms with van der Waals surface area (Å²) in [6, 6.07) is 0. The Kier molecular flexibility index (Phi) is 8.65. The first-order valence-electron chi connectivity index (χ1n) is 6.33. The van der Waals surface area contributed by atoms with Crippen LogP contribution in [0.25, 0.3) is 0 Å². The molecule has 1 heterocycles. The first-order valence-corrected chi connectivity index (χ1v) is 17.7. The van der Waals surface area contributed by atoms with E-state index in [9.17, 15) is 9.59 Å². The molecule has 0 N–H and O–H groups in total. The van der Waals surface area contributed by atoms with Crippen molar-refractivity contribution in [3.8, 4) is 0 Å². The molecule has 2 nitrogen and oxygen atoms in total. The van der Waals surface area contributed by atoms with E-state index in [0.717, 1.165) is 23.4 Å². The van der Waals surface area contributed by atoms with Gasteiger partial charge in [-0.2, -0.15) is 0 Å². The molecule has 1 fully saturated rings. The molecule has 0 saturated carbocycles. The molecule has 1 rings (SSSR count). The van der Waals surface area contributed by atoms with Crippen molar-refractivity contribution < 1.29 is 9.59 Å². The molecule has 0 aromatic carbocycles. The molecule has 0 aromatic heterocycles. The number of hydrogen-bond donors (Lipinski definition) is 0. The van der Waals surface area contributed by atoms with E-state index < -0.39 is 12.8 Å². The Hall–Kier alpha value is 0.898. The molecule has 0 bridgehead atoms. The summed E-state index contributed by atoms with van der Waals surface area (Å²) in [5.74, 6) is 0. The molecule has 0 spiro atoms. The van der Waals surface area contributed by atoms with Gasteiger partial charge in [0, 0.05) is 0 Å². The summed E-state index contributed by atoms with van der Waals surface area (Å²) in [7, 11) is 0. The molecule has 0 atom stereocenters. The van der Waals surface area contributed by atoms with Gasteiger partial charge in [-0.25, -0.2) is 0 Å². The van der Waals surface area contributed by atoms with E-state index in [1.54, 1.807) is 0 Å². The van der Waals surface area contributed by atoms with Gasteiger partial charge in [-0.15, -0.1) is 0 Å². The molecule has 1 aliphatic rings. The van der Waals surface area contributed by atoms with Crippen LogP contribution in [-0.4, -0.2) is 67.1 Å². The van der Waals surface area contributed by atoms with Gasteiger partial charge < -0.3 is 0 Å². The third-order valence-electron chi connectivity index (χ3n) is 2.90. The van der Waals surface area contributed by atoms with Gasteiger partial charge in [0.2, 0.25) is 0 Å². The number of hydrogen-bond acceptors (Lipinski definition) is 2. The summed E-state index contributed by atoms with van der Waals surface area (Å²) >= 11 is -0.601. The molecule has 0 amide bonds. The summed E-state index contributed by atoms with van der Waals surface area (Å²) in [5.41, 5.74) is 1.42. The van der Waals surface area contributed by atoms with Crippen LogP contribution in [0.15, 0.2) is 24.3 Å². The molecule has 20 heavy (non-hydrogen) atoms. The van der Waals surface area contributed by atoms with Crippen molar-refractivity contribution >= 4 is 67.1 Å². The second-order valence-electron chi connectivity index (χ2n) is 4.91. The van der Waals surface area contributed by atoms with Crippen LogP contribution in [0.5, 0.6) is 0 Å². The molecule has 0 radical (unpaired) electrons. The zero-order valence-corrected chi connectivity index (χ0v) is 19.0. The molecule has 0 aliphatic carbocycles. The van der Waals surface area contributed by atoms with Crippen LogP contribution in [0, 0.1) is 0 Å². The molecule has 6 heteroatoms. The van der Waals surface area contributed by atoms with Crippen LogP contribution in [0.1, 0.15) is 13.8 Å². The van der Waals surface area contributed by atoms with E-state index in [2.05, 4.69) is 13.2 Å². The second kappa shape index (κ2) is 9.13. The van der Waals surface area contributed by atoms with E-state index in [0.29, 0.717) is 11.1 Å². The Morgan fingerprint density at radius 1 is 1.00 bits per heavy atom. The van der Waals surface area contributed by atoms with E-state index in [1.807, 2.05) is 13.8 Å². The maximum atomic E-state index is 11.9. The van der Waals surface area contributed by atoms with Gasteiger partial charge in [0.25, 0.3) is 0 Å². The Morgan fingerprint density at radius 3 is 1.75 bits per heavy atom. The van der Waals surface area contributed by atoms with Crippen molar-refractivity contribution in [1.29, 1.82) is 0 Å². The summed E-state index contributed by atoms with van der Waals surface area (Å²) in [4.78, 5) is 23.7.